The maximum Gasteiger partial charge on any atom is 0.229 e. The van der Waals surface area contributed by atoms with Crippen LogP contribution in [-0.4, -0.2) is 36.4 Å². The number of hydrogen-bond donors (Lipinski definition) is 2. The monoisotopic (exact) mass is 328 g/mol. The number of rotatable bonds is 7. The van der Waals surface area contributed by atoms with E-state index >= 15 is 0 Å². The van der Waals surface area contributed by atoms with E-state index in [0.29, 0.717) is 23.4 Å². The number of anilines is 2. The van der Waals surface area contributed by atoms with Crippen LogP contribution in [0.3, 0.4) is 0 Å². The number of aromatic nitrogens is 2. The molecule has 0 bridgehead atoms. The lowest BCUT2D eigenvalue weighted by molar-refractivity contribution is -0.115. The van der Waals surface area contributed by atoms with Crippen LogP contribution < -0.4 is 20.1 Å². The largest absolute Gasteiger partial charge is 0.493 e. The van der Waals surface area contributed by atoms with Gasteiger partial charge in [0.25, 0.3) is 0 Å². The molecule has 126 valence electrons. The SMILES string of the molecule is COc1ccc(CC(=O)Nc2ccc(NC3CC3)nn2)cc1OC. The van der Waals surface area contributed by atoms with E-state index in [1.54, 1.807) is 32.4 Å². The van der Waals surface area contributed by atoms with E-state index in [1.807, 2.05) is 12.1 Å². The Morgan fingerprint density at radius 3 is 2.42 bits per heavy atom. The van der Waals surface area contributed by atoms with Crippen LogP contribution in [0.4, 0.5) is 11.6 Å². The van der Waals surface area contributed by atoms with Gasteiger partial charge in [0, 0.05) is 6.04 Å². The van der Waals surface area contributed by atoms with Crippen LogP contribution in [-0.2, 0) is 11.2 Å². The molecule has 0 spiro atoms. The molecule has 0 atom stereocenters. The average molecular weight is 328 g/mol. The number of hydrogen-bond acceptors (Lipinski definition) is 6. The van der Waals surface area contributed by atoms with Crippen molar-refractivity contribution < 1.29 is 14.3 Å². The molecule has 1 heterocycles. The molecule has 1 saturated carbocycles. The Labute approximate surface area is 140 Å². The number of amides is 1. The third kappa shape index (κ3) is 4.13. The zero-order valence-corrected chi connectivity index (χ0v) is 13.7. The van der Waals surface area contributed by atoms with Crippen molar-refractivity contribution in [2.45, 2.75) is 25.3 Å². The number of nitrogens with one attached hydrogen (secondary N) is 2. The van der Waals surface area contributed by atoms with Crippen molar-refractivity contribution in [1.82, 2.24) is 10.2 Å². The van der Waals surface area contributed by atoms with Crippen molar-refractivity contribution in [3.8, 4) is 11.5 Å². The van der Waals surface area contributed by atoms with Crippen molar-refractivity contribution >= 4 is 17.5 Å². The van der Waals surface area contributed by atoms with Crippen molar-refractivity contribution in [2.24, 2.45) is 0 Å². The van der Waals surface area contributed by atoms with E-state index in [2.05, 4.69) is 20.8 Å². The highest BCUT2D eigenvalue weighted by Gasteiger charge is 2.21. The van der Waals surface area contributed by atoms with Crippen molar-refractivity contribution in [1.29, 1.82) is 0 Å². The fraction of sp³-hybridized carbons (Fsp3) is 0.353. The molecular formula is C17H20N4O3. The summed E-state index contributed by atoms with van der Waals surface area (Å²) in [7, 11) is 3.14. The Morgan fingerprint density at radius 2 is 1.79 bits per heavy atom. The van der Waals surface area contributed by atoms with Crippen LogP contribution >= 0.6 is 0 Å². The summed E-state index contributed by atoms with van der Waals surface area (Å²) in [6.45, 7) is 0. The molecule has 1 aromatic heterocycles. The Hall–Kier alpha value is -2.83. The summed E-state index contributed by atoms with van der Waals surface area (Å²) < 4.78 is 10.4. The summed E-state index contributed by atoms with van der Waals surface area (Å²) in [4.78, 5) is 12.1. The van der Waals surface area contributed by atoms with Crippen LogP contribution in [0.5, 0.6) is 11.5 Å². The Bertz CT molecular complexity index is 714. The molecule has 0 unspecified atom stereocenters. The van der Waals surface area contributed by atoms with Crippen LogP contribution in [0.2, 0.25) is 0 Å². The average Bonchev–Trinajstić information content (AvgIpc) is 3.40. The summed E-state index contributed by atoms with van der Waals surface area (Å²) in [5, 5.41) is 14.1. The summed E-state index contributed by atoms with van der Waals surface area (Å²) in [5.41, 5.74) is 0.824. The van der Waals surface area contributed by atoms with Gasteiger partial charge < -0.3 is 20.1 Å². The first kappa shape index (κ1) is 16.0. The molecular weight excluding hydrogens is 308 g/mol. The highest BCUT2D eigenvalue weighted by molar-refractivity contribution is 5.91. The molecule has 1 fully saturated rings. The van der Waals surface area contributed by atoms with Crippen LogP contribution in [0, 0.1) is 0 Å². The van der Waals surface area contributed by atoms with Crippen LogP contribution in [0.25, 0.3) is 0 Å². The van der Waals surface area contributed by atoms with Gasteiger partial charge in [0.15, 0.2) is 17.3 Å². The Balaban J connectivity index is 1.58. The number of nitrogens with zero attached hydrogens (tertiary/aromatic N) is 2. The minimum Gasteiger partial charge on any atom is -0.493 e. The lowest BCUT2D eigenvalue weighted by Gasteiger charge is -2.10. The maximum absolute atomic E-state index is 12.1. The second kappa shape index (κ2) is 7.16. The highest BCUT2D eigenvalue weighted by Crippen LogP contribution is 2.27. The lowest BCUT2D eigenvalue weighted by Crippen LogP contribution is -2.16. The van der Waals surface area contributed by atoms with Crippen molar-refractivity contribution in [2.75, 3.05) is 24.9 Å². The minimum atomic E-state index is -0.167. The van der Waals surface area contributed by atoms with E-state index in [9.17, 15) is 4.79 Å². The molecule has 2 N–H and O–H groups in total. The van der Waals surface area contributed by atoms with Gasteiger partial charge in [-0.05, 0) is 42.7 Å². The summed E-state index contributed by atoms with van der Waals surface area (Å²) >= 11 is 0. The molecule has 7 heteroatoms. The number of methoxy groups -OCH3 is 2. The van der Waals surface area contributed by atoms with Gasteiger partial charge in [0.05, 0.1) is 20.6 Å². The third-order valence-corrected chi connectivity index (χ3v) is 3.67. The molecule has 0 aliphatic heterocycles. The topological polar surface area (TPSA) is 85.4 Å². The second-order valence-electron chi connectivity index (χ2n) is 5.64. The smallest absolute Gasteiger partial charge is 0.229 e. The van der Waals surface area contributed by atoms with Gasteiger partial charge in [-0.25, -0.2) is 0 Å². The summed E-state index contributed by atoms with van der Waals surface area (Å²) in [5.74, 6) is 2.22. The first-order valence-corrected chi connectivity index (χ1v) is 7.79. The van der Waals surface area contributed by atoms with E-state index in [4.69, 9.17) is 9.47 Å². The number of ether oxygens (including phenoxy) is 2. The Kier molecular flexibility index (Phi) is 4.79. The zero-order valence-electron chi connectivity index (χ0n) is 13.7. The Morgan fingerprint density at radius 1 is 1.08 bits per heavy atom. The fourth-order valence-corrected chi connectivity index (χ4v) is 2.28. The lowest BCUT2D eigenvalue weighted by atomic mass is 10.1. The number of benzene rings is 1. The van der Waals surface area contributed by atoms with E-state index in [1.165, 1.54) is 12.8 Å². The van der Waals surface area contributed by atoms with E-state index in [0.717, 1.165) is 11.4 Å². The molecule has 0 saturated heterocycles. The third-order valence-electron chi connectivity index (χ3n) is 3.67. The quantitative estimate of drug-likeness (QED) is 0.811. The second-order valence-corrected chi connectivity index (χ2v) is 5.64. The predicted molar refractivity (Wildman–Crippen MR) is 90.6 cm³/mol. The molecule has 3 rings (SSSR count). The van der Waals surface area contributed by atoms with Gasteiger partial charge in [0.1, 0.15) is 5.82 Å². The molecule has 1 aliphatic rings. The first-order valence-electron chi connectivity index (χ1n) is 7.79. The van der Waals surface area contributed by atoms with Crippen molar-refractivity contribution in [3.63, 3.8) is 0 Å². The van der Waals surface area contributed by atoms with E-state index in [-0.39, 0.29) is 12.3 Å². The van der Waals surface area contributed by atoms with Crippen LogP contribution in [0.15, 0.2) is 30.3 Å². The normalized spacial score (nSPS) is 13.2. The molecule has 7 nitrogen and oxygen atoms in total. The van der Waals surface area contributed by atoms with Gasteiger partial charge in [-0.3, -0.25) is 4.79 Å². The zero-order chi connectivity index (χ0) is 16.9. The molecule has 2 aromatic rings. The minimum absolute atomic E-state index is 0.167. The van der Waals surface area contributed by atoms with Crippen molar-refractivity contribution in [3.05, 3.63) is 35.9 Å². The summed E-state index contributed by atoms with van der Waals surface area (Å²) in [6, 6.07) is 9.47. The van der Waals surface area contributed by atoms with Gasteiger partial charge in [-0.15, -0.1) is 10.2 Å². The standard InChI is InChI=1S/C17H20N4O3/c1-23-13-6-3-11(9-14(13)24-2)10-17(22)19-16-8-7-15(20-21-16)18-12-4-5-12/h3,6-9,12H,4-5,10H2,1-2H3,(H,18,20)(H,19,21,22). The van der Waals surface area contributed by atoms with Crippen LogP contribution in [0.1, 0.15) is 18.4 Å². The molecule has 1 aromatic carbocycles. The molecule has 24 heavy (non-hydrogen) atoms. The van der Waals surface area contributed by atoms with Gasteiger partial charge in [-0.1, -0.05) is 6.07 Å². The molecule has 1 aliphatic carbocycles. The number of carbonyl (C=O) groups excluding carboxylic acids is 1. The summed E-state index contributed by atoms with van der Waals surface area (Å²) in [6.07, 6.45) is 2.56. The number of carbonyl (C=O) groups is 1. The predicted octanol–water partition coefficient (Wildman–Crippen LogP) is 2.25. The van der Waals surface area contributed by atoms with Gasteiger partial charge in [-0.2, -0.15) is 0 Å². The molecule has 0 radical (unpaired) electrons. The fourth-order valence-electron chi connectivity index (χ4n) is 2.28. The highest BCUT2D eigenvalue weighted by atomic mass is 16.5. The first-order chi connectivity index (χ1) is 11.7. The van der Waals surface area contributed by atoms with E-state index < -0.39 is 0 Å². The molecule has 1 amide bonds. The maximum atomic E-state index is 12.1. The van der Waals surface area contributed by atoms with Gasteiger partial charge >= 0.3 is 0 Å². The van der Waals surface area contributed by atoms with Gasteiger partial charge in [0.2, 0.25) is 5.91 Å².